The molecule has 0 spiro atoms. The van der Waals surface area contributed by atoms with E-state index < -0.39 is 0 Å². The van der Waals surface area contributed by atoms with Crippen LogP contribution in [0, 0.1) is 5.41 Å². The molecule has 1 unspecified atom stereocenters. The Morgan fingerprint density at radius 3 is 2.57 bits per heavy atom. The van der Waals surface area contributed by atoms with Crippen LogP contribution >= 0.6 is 27.3 Å². The first-order valence-electron chi connectivity index (χ1n) is 4.80. The average Bonchev–Trinajstić information content (AvgIpc) is 2.46. The topological polar surface area (TPSA) is 20.2 Å². The summed E-state index contributed by atoms with van der Waals surface area (Å²) in [5, 5.41) is 11.9. The Labute approximate surface area is 98.3 Å². The molecule has 0 radical (unpaired) electrons. The number of rotatable bonds is 3. The fourth-order valence-electron chi connectivity index (χ4n) is 1.22. The van der Waals surface area contributed by atoms with Crippen molar-refractivity contribution in [2.45, 2.75) is 39.7 Å². The number of thiophene rings is 1. The largest absolute Gasteiger partial charge is 0.388 e. The molecule has 0 aliphatic heterocycles. The molecule has 1 aromatic rings. The summed E-state index contributed by atoms with van der Waals surface area (Å²) in [6.45, 7) is 6.60. The van der Waals surface area contributed by atoms with Crippen LogP contribution in [0.25, 0.3) is 0 Å². The van der Waals surface area contributed by atoms with Gasteiger partial charge in [-0.25, -0.2) is 0 Å². The monoisotopic (exact) mass is 276 g/mol. The molecule has 80 valence electrons. The normalized spacial score (nSPS) is 14.4. The number of hydrogen-bond donors (Lipinski definition) is 1. The van der Waals surface area contributed by atoms with Gasteiger partial charge in [0, 0.05) is 14.7 Å². The molecule has 0 aromatic carbocycles. The highest BCUT2D eigenvalue weighted by Gasteiger charge is 2.15. The third-order valence-corrected chi connectivity index (χ3v) is 3.88. The summed E-state index contributed by atoms with van der Waals surface area (Å²) < 4.78 is 1.06. The smallest absolute Gasteiger partial charge is 0.0882 e. The molecule has 1 heterocycles. The van der Waals surface area contributed by atoms with Crippen molar-refractivity contribution < 1.29 is 5.11 Å². The minimum Gasteiger partial charge on any atom is -0.388 e. The van der Waals surface area contributed by atoms with Gasteiger partial charge in [-0.1, -0.05) is 20.8 Å². The third-order valence-electron chi connectivity index (χ3n) is 2.08. The maximum atomic E-state index is 9.89. The summed E-state index contributed by atoms with van der Waals surface area (Å²) >= 11 is 5.00. The van der Waals surface area contributed by atoms with Gasteiger partial charge in [0.25, 0.3) is 0 Å². The zero-order valence-electron chi connectivity index (χ0n) is 8.88. The molecule has 3 heteroatoms. The van der Waals surface area contributed by atoms with Gasteiger partial charge in [0.1, 0.15) is 0 Å². The van der Waals surface area contributed by atoms with Crippen LogP contribution in [-0.4, -0.2) is 5.11 Å². The third kappa shape index (κ3) is 4.11. The Hall–Kier alpha value is 0.140. The molecule has 0 saturated heterocycles. The van der Waals surface area contributed by atoms with E-state index in [1.54, 1.807) is 11.3 Å². The summed E-state index contributed by atoms with van der Waals surface area (Å²) in [7, 11) is 0. The van der Waals surface area contributed by atoms with Gasteiger partial charge in [-0.15, -0.1) is 11.3 Å². The summed E-state index contributed by atoms with van der Waals surface area (Å²) in [4.78, 5) is 1.06. The van der Waals surface area contributed by atoms with Gasteiger partial charge in [-0.3, -0.25) is 0 Å². The zero-order valence-corrected chi connectivity index (χ0v) is 11.3. The molecular weight excluding hydrogens is 260 g/mol. The van der Waals surface area contributed by atoms with E-state index in [1.165, 1.54) is 0 Å². The van der Waals surface area contributed by atoms with Gasteiger partial charge >= 0.3 is 0 Å². The number of aliphatic hydroxyl groups is 1. The minimum absolute atomic E-state index is 0.300. The molecule has 0 aliphatic carbocycles. The Kier molecular flexibility index (Phi) is 4.16. The van der Waals surface area contributed by atoms with E-state index >= 15 is 0 Å². The lowest BCUT2D eigenvalue weighted by Gasteiger charge is -2.19. The molecule has 1 aromatic heterocycles. The van der Waals surface area contributed by atoms with E-state index in [-0.39, 0.29) is 6.10 Å². The lowest BCUT2D eigenvalue weighted by molar-refractivity contribution is 0.151. The van der Waals surface area contributed by atoms with Crippen LogP contribution in [0.4, 0.5) is 0 Å². The van der Waals surface area contributed by atoms with Crippen LogP contribution < -0.4 is 0 Å². The molecule has 0 amide bonds. The van der Waals surface area contributed by atoms with Crippen molar-refractivity contribution in [3.63, 3.8) is 0 Å². The molecule has 1 nitrogen and oxygen atoms in total. The van der Waals surface area contributed by atoms with Crippen molar-refractivity contribution in [1.82, 2.24) is 0 Å². The van der Waals surface area contributed by atoms with Gasteiger partial charge in [-0.2, -0.15) is 0 Å². The molecule has 1 atom stereocenters. The van der Waals surface area contributed by atoms with Crippen LogP contribution in [0.3, 0.4) is 0 Å². The Morgan fingerprint density at radius 2 is 2.14 bits per heavy atom. The van der Waals surface area contributed by atoms with Crippen molar-refractivity contribution in [2.24, 2.45) is 5.41 Å². The van der Waals surface area contributed by atoms with E-state index in [1.807, 2.05) is 11.4 Å². The van der Waals surface area contributed by atoms with Crippen molar-refractivity contribution in [3.05, 3.63) is 20.8 Å². The van der Waals surface area contributed by atoms with Crippen LogP contribution in [-0.2, 0) is 0 Å². The second-order valence-corrected chi connectivity index (χ2v) is 6.64. The fourth-order valence-corrected chi connectivity index (χ4v) is 2.68. The summed E-state index contributed by atoms with van der Waals surface area (Å²) in [6, 6.07) is 2.00. The predicted molar refractivity (Wildman–Crippen MR) is 65.7 cm³/mol. The highest BCUT2D eigenvalue weighted by atomic mass is 79.9. The van der Waals surface area contributed by atoms with Gasteiger partial charge < -0.3 is 5.11 Å². The molecule has 0 saturated carbocycles. The van der Waals surface area contributed by atoms with Crippen molar-refractivity contribution in [3.8, 4) is 0 Å². The highest BCUT2D eigenvalue weighted by molar-refractivity contribution is 9.10. The van der Waals surface area contributed by atoms with E-state index in [0.29, 0.717) is 5.41 Å². The molecule has 14 heavy (non-hydrogen) atoms. The zero-order chi connectivity index (χ0) is 10.8. The average molecular weight is 277 g/mol. The van der Waals surface area contributed by atoms with Gasteiger partial charge in [0.2, 0.25) is 0 Å². The first-order chi connectivity index (χ1) is 6.38. The predicted octanol–water partition coefficient (Wildman–Crippen LogP) is 4.37. The Morgan fingerprint density at radius 1 is 1.50 bits per heavy atom. The number of halogens is 1. The van der Waals surface area contributed by atoms with Gasteiger partial charge in [-0.05, 0) is 40.3 Å². The summed E-state index contributed by atoms with van der Waals surface area (Å²) in [6.07, 6.45) is 1.59. The fraction of sp³-hybridized carbons (Fsp3) is 0.636. The molecule has 0 bridgehead atoms. The standard InChI is InChI=1S/C11H17BrOS/c1-11(2,3)5-4-9(13)10-6-8(12)7-14-10/h6-7,9,13H,4-5H2,1-3H3. The highest BCUT2D eigenvalue weighted by Crippen LogP contribution is 2.31. The lowest BCUT2D eigenvalue weighted by atomic mass is 9.89. The first-order valence-corrected chi connectivity index (χ1v) is 6.48. The minimum atomic E-state index is -0.300. The van der Waals surface area contributed by atoms with E-state index in [4.69, 9.17) is 0 Å². The second-order valence-electron chi connectivity index (χ2n) is 4.78. The van der Waals surface area contributed by atoms with Crippen LogP contribution in [0.1, 0.15) is 44.6 Å². The van der Waals surface area contributed by atoms with Crippen molar-refractivity contribution in [1.29, 1.82) is 0 Å². The maximum absolute atomic E-state index is 9.89. The molecule has 0 aliphatic rings. The SMILES string of the molecule is CC(C)(C)CCC(O)c1cc(Br)cs1. The van der Waals surface area contributed by atoms with Crippen LogP contribution in [0.2, 0.25) is 0 Å². The van der Waals surface area contributed by atoms with Crippen molar-refractivity contribution in [2.75, 3.05) is 0 Å². The lowest BCUT2D eigenvalue weighted by Crippen LogP contribution is -2.07. The van der Waals surface area contributed by atoms with E-state index in [2.05, 4.69) is 36.7 Å². The van der Waals surface area contributed by atoms with E-state index in [9.17, 15) is 5.11 Å². The second kappa shape index (κ2) is 4.77. The quantitative estimate of drug-likeness (QED) is 0.869. The summed E-state index contributed by atoms with van der Waals surface area (Å²) in [5.41, 5.74) is 0.301. The molecular formula is C11H17BrOS. The van der Waals surface area contributed by atoms with Gasteiger partial charge in [0.15, 0.2) is 0 Å². The van der Waals surface area contributed by atoms with Crippen LogP contribution in [0.15, 0.2) is 15.9 Å². The van der Waals surface area contributed by atoms with Gasteiger partial charge in [0.05, 0.1) is 6.10 Å². The molecule has 1 N–H and O–H groups in total. The summed E-state index contributed by atoms with van der Waals surface area (Å²) in [5.74, 6) is 0. The van der Waals surface area contributed by atoms with Crippen LogP contribution in [0.5, 0.6) is 0 Å². The first kappa shape index (κ1) is 12.2. The van der Waals surface area contributed by atoms with Crippen molar-refractivity contribution >= 4 is 27.3 Å². The Bertz CT molecular complexity index is 288. The molecule has 0 fully saturated rings. The Balaban J connectivity index is 2.47. The molecule has 1 rings (SSSR count). The maximum Gasteiger partial charge on any atom is 0.0882 e. The van der Waals surface area contributed by atoms with E-state index in [0.717, 1.165) is 22.2 Å². The number of aliphatic hydroxyl groups excluding tert-OH is 1. The number of hydrogen-bond acceptors (Lipinski definition) is 2.